The largest absolute Gasteiger partial charge is 0.392 e. The molecule has 1 aliphatic heterocycles. The molecule has 2 rings (SSSR count). The van der Waals surface area contributed by atoms with Crippen LogP contribution in [-0.4, -0.2) is 11.8 Å². The van der Waals surface area contributed by atoms with Gasteiger partial charge in [-0.2, -0.15) is 0 Å². The maximum absolute atomic E-state index is 5.76. The molecule has 0 spiro atoms. The summed E-state index contributed by atoms with van der Waals surface area (Å²) in [5, 5.41) is 4.66. The standard InChI is InChI=1S/C10H9ClNO/c1-7-6-10(12-13-7)8-2-4-9(11)5-3-8/h2-5,7H,1,6H2. The lowest BCUT2D eigenvalue weighted by Gasteiger charge is -1.98. The lowest BCUT2D eigenvalue weighted by atomic mass is 10.1. The highest BCUT2D eigenvalue weighted by Crippen LogP contribution is 2.17. The maximum atomic E-state index is 5.76. The van der Waals surface area contributed by atoms with Crippen molar-refractivity contribution in [3.8, 4) is 0 Å². The van der Waals surface area contributed by atoms with E-state index in [0.29, 0.717) is 0 Å². The number of oxime groups is 1. The minimum atomic E-state index is -0.0503. The van der Waals surface area contributed by atoms with Gasteiger partial charge in [0.2, 0.25) is 0 Å². The van der Waals surface area contributed by atoms with Crippen LogP contribution in [0.3, 0.4) is 0 Å². The van der Waals surface area contributed by atoms with Gasteiger partial charge in [-0.15, -0.1) is 0 Å². The van der Waals surface area contributed by atoms with Gasteiger partial charge in [0.1, 0.15) is 6.10 Å². The van der Waals surface area contributed by atoms with Crippen molar-refractivity contribution in [2.24, 2.45) is 5.16 Å². The van der Waals surface area contributed by atoms with Crippen molar-refractivity contribution < 1.29 is 4.84 Å². The van der Waals surface area contributed by atoms with Gasteiger partial charge < -0.3 is 4.84 Å². The SMILES string of the molecule is [CH2]C1CC(c2ccc(Cl)cc2)=NO1. The van der Waals surface area contributed by atoms with E-state index >= 15 is 0 Å². The van der Waals surface area contributed by atoms with Gasteiger partial charge >= 0.3 is 0 Å². The summed E-state index contributed by atoms with van der Waals surface area (Å²) in [6, 6.07) is 7.55. The molecule has 1 radical (unpaired) electrons. The quantitative estimate of drug-likeness (QED) is 0.674. The molecule has 0 N–H and O–H groups in total. The van der Waals surface area contributed by atoms with Crippen LogP contribution in [0.2, 0.25) is 5.02 Å². The molecule has 0 saturated carbocycles. The fourth-order valence-electron chi connectivity index (χ4n) is 1.24. The number of hydrogen-bond acceptors (Lipinski definition) is 2. The fraction of sp³-hybridized carbons (Fsp3) is 0.200. The smallest absolute Gasteiger partial charge is 0.133 e. The molecule has 1 aromatic rings. The predicted molar refractivity (Wildman–Crippen MR) is 52.8 cm³/mol. The summed E-state index contributed by atoms with van der Waals surface area (Å²) < 4.78 is 0. The van der Waals surface area contributed by atoms with E-state index in [9.17, 15) is 0 Å². The van der Waals surface area contributed by atoms with Gasteiger partial charge in [0, 0.05) is 11.4 Å². The summed E-state index contributed by atoms with van der Waals surface area (Å²) in [6.07, 6.45) is 0.715. The second-order valence-electron chi connectivity index (χ2n) is 2.98. The van der Waals surface area contributed by atoms with E-state index in [1.807, 2.05) is 24.3 Å². The molecule has 1 heterocycles. The second kappa shape index (κ2) is 3.38. The van der Waals surface area contributed by atoms with Crippen LogP contribution >= 0.6 is 11.6 Å². The Morgan fingerprint density at radius 2 is 2.08 bits per heavy atom. The Bertz CT molecular complexity index is 331. The summed E-state index contributed by atoms with van der Waals surface area (Å²) in [5.41, 5.74) is 1.99. The number of nitrogens with zero attached hydrogens (tertiary/aromatic N) is 1. The lowest BCUT2D eigenvalue weighted by Crippen LogP contribution is -2.03. The van der Waals surface area contributed by atoms with Gasteiger partial charge in [-0.05, 0) is 24.6 Å². The van der Waals surface area contributed by atoms with E-state index in [1.165, 1.54) is 0 Å². The van der Waals surface area contributed by atoms with Crippen molar-refractivity contribution in [3.05, 3.63) is 41.8 Å². The van der Waals surface area contributed by atoms with E-state index in [-0.39, 0.29) is 6.10 Å². The molecule has 0 aliphatic carbocycles. The van der Waals surface area contributed by atoms with E-state index in [1.54, 1.807) is 0 Å². The van der Waals surface area contributed by atoms with Gasteiger partial charge in [0.25, 0.3) is 0 Å². The molecule has 0 saturated heterocycles. The first-order chi connectivity index (χ1) is 6.25. The molecule has 1 aromatic carbocycles. The van der Waals surface area contributed by atoms with Gasteiger partial charge in [-0.1, -0.05) is 28.9 Å². The normalized spacial score (nSPS) is 21.1. The highest BCUT2D eigenvalue weighted by atomic mass is 35.5. The third kappa shape index (κ3) is 1.83. The van der Waals surface area contributed by atoms with Crippen LogP contribution in [0, 0.1) is 6.92 Å². The summed E-state index contributed by atoms with van der Waals surface area (Å²) in [6.45, 7) is 3.77. The molecule has 1 unspecified atom stereocenters. The van der Waals surface area contributed by atoms with Crippen molar-refractivity contribution in [2.75, 3.05) is 0 Å². The van der Waals surface area contributed by atoms with Gasteiger partial charge in [-0.3, -0.25) is 0 Å². The van der Waals surface area contributed by atoms with Crippen LogP contribution < -0.4 is 0 Å². The van der Waals surface area contributed by atoms with Crippen LogP contribution in [0.4, 0.5) is 0 Å². The summed E-state index contributed by atoms with van der Waals surface area (Å²) in [4.78, 5) is 4.99. The average molecular weight is 195 g/mol. The molecule has 1 atom stereocenters. The number of halogens is 1. The Morgan fingerprint density at radius 1 is 1.38 bits per heavy atom. The number of hydrogen-bond donors (Lipinski definition) is 0. The number of benzene rings is 1. The van der Waals surface area contributed by atoms with Gasteiger partial charge in [-0.25, -0.2) is 0 Å². The molecule has 1 aliphatic rings. The second-order valence-corrected chi connectivity index (χ2v) is 3.41. The summed E-state index contributed by atoms with van der Waals surface area (Å²) >= 11 is 5.76. The minimum absolute atomic E-state index is 0.0503. The van der Waals surface area contributed by atoms with Gasteiger partial charge in [0.05, 0.1) is 5.71 Å². The fourth-order valence-corrected chi connectivity index (χ4v) is 1.37. The molecule has 67 valence electrons. The third-order valence-electron chi connectivity index (χ3n) is 1.91. The topological polar surface area (TPSA) is 21.6 Å². The molecule has 0 bridgehead atoms. The lowest BCUT2D eigenvalue weighted by molar-refractivity contribution is 0.118. The first-order valence-corrected chi connectivity index (χ1v) is 4.45. The van der Waals surface area contributed by atoms with E-state index in [0.717, 1.165) is 22.7 Å². The van der Waals surface area contributed by atoms with Crippen molar-refractivity contribution in [1.82, 2.24) is 0 Å². The van der Waals surface area contributed by atoms with Crippen LogP contribution in [0.5, 0.6) is 0 Å². The molecule has 2 nitrogen and oxygen atoms in total. The molecule has 0 amide bonds. The Balaban J connectivity index is 2.22. The van der Waals surface area contributed by atoms with Crippen molar-refractivity contribution in [1.29, 1.82) is 0 Å². The van der Waals surface area contributed by atoms with Gasteiger partial charge in [0.15, 0.2) is 0 Å². The van der Waals surface area contributed by atoms with Crippen molar-refractivity contribution >= 4 is 17.3 Å². The van der Waals surface area contributed by atoms with Crippen LogP contribution in [0.25, 0.3) is 0 Å². The minimum Gasteiger partial charge on any atom is -0.392 e. The Kier molecular flexibility index (Phi) is 2.23. The Labute approximate surface area is 82.2 Å². The predicted octanol–water partition coefficient (Wildman–Crippen LogP) is 2.67. The first kappa shape index (κ1) is 8.57. The van der Waals surface area contributed by atoms with E-state index in [2.05, 4.69) is 12.1 Å². The zero-order valence-electron chi connectivity index (χ0n) is 7.03. The van der Waals surface area contributed by atoms with Crippen LogP contribution in [0.15, 0.2) is 29.4 Å². The van der Waals surface area contributed by atoms with Crippen LogP contribution in [-0.2, 0) is 4.84 Å². The van der Waals surface area contributed by atoms with Crippen molar-refractivity contribution in [2.45, 2.75) is 12.5 Å². The summed E-state index contributed by atoms with van der Waals surface area (Å²) in [7, 11) is 0. The highest BCUT2D eigenvalue weighted by Gasteiger charge is 2.17. The zero-order chi connectivity index (χ0) is 9.26. The van der Waals surface area contributed by atoms with E-state index in [4.69, 9.17) is 16.4 Å². The highest BCUT2D eigenvalue weighted by molar-refractivity contribution is 6.30. The molecule has 13 heavy (non-hydrogen) atoms. The average Bonchev–Trinajstić information content (AvgIpc) is 2.53. The van der Waals surface area contributed by atoms with Crippen molar-refractivity contribution in [3.63, 3.8) is 0 Å². The number of rotatable bonds is 1. The molecular formula is C10H9ClNO. The third-order valence-corrected chi connectivity index (χ3v) is 2.16. The maximum Gasteiger partial charge on any atom is 0.133 e. The first-order valence-electron chi connectivity index (χ1n) is 4.07. The molecule has 0 aromatic heterocycles. The Hall–Kier alpha value is -1.02. The zero-order valence-corrected chi connectivity index (χ0v) is 7.79. The Morgan fingerprint density at radius 3 is 2.62 bits per heavy atom. The molecule has 3 heteroatoms. The molecule has 0 fully saturated rings. The van der Waals surface area contributed by atoms with Crippen LogP contribution in [0.1, 0.15) is 12.0 Å². The molecular weight excluding hydrogens is 186 g/mol. The van der Waals surface area contributed by atoms with E-state index < -0.39 is 0 Å². The summed E-state index contributed by atoms with van der Waals surface area (Å²) in [5.74, 6) is 0. The monoisotopic (exact) mass is 194 g/mol.